The van der Waals surface area contributed by atoms with Crippen LogP contribution in [0.2, 0.25) is 0 Å². The molecule has 7 nitrogen and oxygen atoms in total. The Labute approximate surface area is 179 Å². The van der Waals surface area contributed by atoms with Crippen molar-refractivity contribution in [2.24, 2.45) is 0 Å². The molecule has 0 amide bonds. The number of halogens is 1. The lowest BCUT2D eigenvalue weighted by Gasteiger charge is -2.23. The molecule has 1 atom stereocenters. The van der Waals surface area contributed by atoms with Gasteiger partial charge in [-0.05, 0) is 51.9 Å². The minimum absolute atomic E-state index is 0.125. The fourth-order valence-electron chi connectivity index (χ4n) is 4.18. The van der Waals surface area contributed by atoms with E-state index in [0.29, 0.717) is 17.0 Å². The third kappa shape index (κ3) is 3.57. The maximum Gasteiger partial charge on any atom is 0.156 e. The number of fused-ring (bicyclic) bond motifs is 2. The molecule has 0 spiro atoms. The van der Waals surface area contributed by atoms with Crippen molar-refractivity contribution in [1.82, 2.24) is 35.4 Å². The van der Waals surface area contributed by atoms with Crippen LogP contribution in [0, 0.1) is 5.82 Å². The summed E-state index contributed by atoms with van der Waals surface area (Å²) >= 11 is 0. The molecule has 0 aliphatic carbocycles. The molecular weight excluding hydrogens is 393 g/mol. The van der Waals surface area contributed by atoms with Gasteiger partial charge in [0.25, 0.3) is 0 Å². The van der Waals surface area contributed by atoms with E-state index >= 15 is 0 Å². The summed E-state index contributed by atoms with van der Waals surface area (Å²) in [5.74, 6) is -0.273. The number of aromatic amines is 1. The third-order valence-electron chi connectivity index (χ3n) is 5.52. The summed E-state index contributed by atoms with van der Waals surface area (Å²) in [5, 5.41) is 12.5. The molecule has 0 saturated carbocycles. The minimum Gasteiger partial charge on any atom is -0.380 e. The van der Waals surface area contributed by atoms with Crippen molar-refractivity contribution in [3.05, 3.63) is 48.6 Å². The van der Waals surface area contributed by atoms with Crippen molar-refractivity contribution < 1.29 is 4.39 Å². The highest BCUT2D eigenvalue weighted by Gasteiger charge is 2.23. The Morgan fingerprint density at radius 2 is 2.16 bits per heavy atom. The highest BCUT2D eigenvalue weighted by Crippen LogP contribution is 2.32. The van der Waals surface area contributed by atoms with Gasteiger partial charge in [0.05, 0.1) is 17.8 Å². The Balaban J connectivity index is 1.64. The SMILES string of the molecule is C=C(NC(C)(C)C)c1c[nH]c2ncc(-c3nn(C4CCNC4)c4cc(F)ccc34)nc12. The minimum atomic E-state index is -0.273. The van der Waals surface area contributed by atoms with Gasteiger partial charge in [-0.15, -0.1) is 0 Å². The molecule has 5 rings (SSSR count). The smallest absolute Gasteiger partial charge is 0.156 e. The average molecular weight is 420 g/mol. The second-order valence-electron chi connectivity index (χ2n) is 9.11. The van der Waals surface area contributed by atoms with Crippen LogP contribution < -0.4 is 10.6 Å². The predicted molar refractivity (Wildman–Crippen MR) is 121 cm³/mol. The maximum absolute atomic E-state index is 14.1. The fourth-order valence-corrected chi connectivity index (χ4v) is 4.18. The van der Waals surface area contributed by atoms with Crippen molar-refractivity contribution in [2.45, 2.75) is 38.8 Å². The average Bonchev–Trinajstić information content (AvgIpc) is 3.43. The molecule has 3 aromatic heterocycles. The summed E-state index contributed by atoms with van der Waals surface area (Å²) in [7, 11) is 0. The van der Waals surface area contributed by atoms with E-state index in [9.17, 15) is 4.39 Å². The number of hydrogen-bond acceptors (Lipinski definition) is 5. The molecule has 1 aromatic carbocycles. The molecule has 8 heteroatoms. The predicted octanol–water partition coefficient (Wildman–Crippen LogP) is 4.01. The maximum atomic E-state index is 14.1. The first-order valence-electron chi connectivity index (χ1n) is 10.5. The molecule has 160 valence electrons. The third-order valence-corrected chi connectivity index (χ3v) is 5.52. The molecule has 4 heterocycles. The van der Waals surface area contributed by atoms with E-state index in [1.807, 2.05) is 10.9 Å². The quantitative estimate of drug-likeness (QED) is 0.466. The van der Waals surface area contributed by atoms with Crippen LogP contribution >= 0.6 is 0 Å². The van der Waals surface area contributed by atoms with Gasteiger partial charge in [0.1, 0.15) is 22.7 Å². The molecule has 1 aliphatic rings. The molecule has 1 unspecified atom stereocenters. The summed E-state index contributed by atoms with van der Waals surface area (Å²) < 4.78 is 16.0. The Hall–Kier alpha value is -3.26. The van der Waals surface area contributed by atoms with Crippen molar-refractivity contribution in [3.63, 3.8) is 0 Å². The van der Waals surface area contributed by atoms with Crippen LogP contribution in [0.3, 0.4) is 0 Å². The second kappa shape index (κ2) is 7.16. The summed E-state index contributed by atoms with van der Waals surface area (Å²) in [6.07, 6.45) is 4.54. The Morgan fingerprint density at radius 3 is 2.90 bits per heavy atom. The van der Waals surface area contributed by atoms with Crippen LogP contribution in [0.15, 0.2) is 37.2 Å². The van der Waals surface area contributed by atoms with Crippen LogP contribution in [-0.2, 0) is 0 Å². The largest absolute Gasteiger partial charge is 0.380 e. The number of H-pyrrole nitrogens is 1. The number of nitrogens with zero attached hydrogens (tertiary/aromatic N) is 4. The monoisotopic (exact) mass is 419 g/mol. The number of benzene rings is 1. The van der Waals surface area contributed by atoms with E-state index < -0.39 is 0 Å². The van der Waals surface area contributed by atoms with Gasteiger partial charge in [-0.25, -0.2) is 14.4 Å². The van der Waals surface area contributed by atoms with E-state index in [1.54, 1.807) is 18.3 Å². The zero-order valence-corrected chi connectivity index (χ0v) is 18.0. The van der Waals surface area contributed by atoms with Gasteiger partial charge in [0.15, 0.2) is 5.65 Å². The molecule has 1 fully saturated rings. The molecule has 4 aromatic rings. The van der Waals surface area contributed by atoms with E-state index in [2.05, 4.69) is 48.0 Å². The van der Waals surface area contributed by atoms with Gasteiger partial charge in [-0.1, -0.05) is 6.58 Å². The van der Waals surface area contributed by atoms with Crippen molar-refractivity contribution in [3.8, 4) is 11.4 Å². The lowest BCUT2D eigenvalue weighted by Crippen LogP contribution is -2.33. The fraction of sp³-hybridized carbons (Fsp3) is 0.348. The van der Waals surface area contributed by atoms with Gasteiger partial charge in [-0.2, -0.15) is 5.10 Å². The molecule has 31 heavy (non-hydrogen) atoms. The van der Waals surface area contributed by atoms with E-state index in [1.165, 1.54) is 6.07 Å². The van der Waals surface area contributed by atoms with Crippen molar-refractivity contribution >= 4 is 27.8 Å². The van der Waals surface area contributed by atoms with Crippen LogP contribution in [0.5, 0.6) is 0 Å². The number of rotatable bonds is 4. The van der Waals surface area contributed by atoms with Crippen LogP contribution in [0.1, 0.15) is 38.8 Å². The lowest BCUT2D eigenvalue weighted by atomic mass is 10.1. The Morgan fingerprint density at radius 1 is 1.32 bits per heavy atom. The first kappa shape index (κ1) is 19.7. The molecule has 3 N–H and O–H groups in total. The second-order valence-corrected chi connectivity index (χ2v) is 9.11. The van der Waals surface area contributed by atoms with Crippen molar-refractivity contribution in [2.75, 3.05) is 13.1 Å². The Bertz CT molecular complexity index is 1290. The number of hydrogen-bond donors (Lipinski definition) is 3. The summed E-state index contributed by atoms with van der Waals surface area (Å²) in [5.41, 5.74) is 5.07. The van der Waals surface area contributed by atoms with E-state index in [-0.39, 0.29) is 17.4 Å². The molecular formula is C23H26FN7. The van der Waals surface area contributed by atoms with Gasteiger partial charge < -0.3 is 15.6 Å². The molecule has 1 saturated heterocycles. The normalized spacial score (nSPS) is 17.0. The first-order chi connectivity index (χ1) is 14.8. The standard InChI is InChI=1S/C23H26FN7/c1-13(29-23(2,3)4)17-11-26-22-21(17)28-18(12-27-22)20-16-6-5-14(24)9-19(16)31(30-20)15-7-8-25-10-15/h5-6,9,11-12,15,25,29H,1,7-8,10H2,2-4H3,(H,26,27). The van der Waals surface area contributed by atoms with Gasteiger partial charge >= 0.3 is 0 Å². The van der Waals surface area contributed by atoms with E-state index in [4.69, 9.17) is 10.1 Å². The summed E-state index contributed by atoms with van der Waals surface area (Å²) in [6, 6.07) is 4.98. The first-order valence-corrected chi connectivity index (χ1v) is 10.5. The zero-order chi connectivity index (χ0) is 21.8. The van der Waals surface area contributed by atoms with Crippen LogP contribution in [0.25, 0.3) is 39.2 Å². The highest BCUT2D eigenvalue weighted by molar-refractivity contribution is 5.94. The summed E-state index contributed by atoms with van der Waals surface area (Å²) in [6.45, 7) is 12.2. The van der Waals surface area contributed by atoms with Gasteiger partial charge in [0.2, 0.25) is 0 Å². The highest BCUT2D eigenvalue weighted by atomic mass is 19.1. The molecule has 0 bridgehead atoms. The summed E-state index contributed by atoms with van der Waals surface area (Å²) in [4.78, 5) is 12.6. The Kier molecular flexibility index (Phi) is 4.55. The van der Waals surface area contributed by atoms with Crippen LogP contribution in [-0.4, -0.2) is 43.4 Å². The van der Waals surface area contributed by atoms with Gasteiger partial charge in [-0.3, -0.25) is 4.68 Å². The molecule has 1 aliphatic heterocycles. The van der Waals surface area contributed by atoms with Crippen LogP contribution in [0.4, 0.5) is 4.39 Å². The number of nitrogens with one attached hydrogen (secondary N) is 3. The molecule has 0 radical (unpaired) electrons. The topological polar surface area (TPSA) is 83.5 Å². The number of aromatic nitrogens is 5. The van der Waals surface area contributed by atoms with E-state index in [0.717, 1.165) is 47.2 Å². The van der Waals surface area contributed by atoms with Crippen molar-refractivity contribution in [1.29, 1.82) is 0 Å². The van der Waals surface area contributed by atoms with Gasteiger partial charge in [0, 0.05) is 34.9 Å². The zero-order valence-electron chi connectivity index (χ0n) is 18.0. The lowest BCUT2D eigenvalue weighted by molar-refractivity contribution is 0.502.